The van der Waals surface area contributed by atoms with Crippen LogP contribution in [0.5, 0.6) is 0 Å². The van der Waals surface area contributed by atoms with Crippen LogP contribution in [-0.4, -0.2) is 61.1 Å². The summed E-state index contributed by atoms with van der Waals surface area (Å²) < 4.78 is 5.58. The van der Waals surface area contributed by atoms with Gasteiger partial charge in [-0.1, -0.05) is 6.07 Å². The van der Waals surface area contributed by atoms with Gasteiger partial charge >= 0.3 is 0 Å². The quantitative estimate of drug-likeness (QED) is 0.370. The van der Waals surface area contributed by atoms with E-state index in [-0.39, 0.29) is 24.0 Å². The summed E-state index contributed by atoms with van der Waals surface area (Å²) in [6.07, 6.45) is 1.93. The maximum absolute atomic E-state index is 5.58. The molecule has 2 aromatic heterocycles. The number of pyridine rings is 1. The van der Waals surface area contributed by atoms with Gasteiger partial charge in [-0.15, -0.1) is 24.0 Å². The second-order valence-electron chi connectivity index (χ2n) is 6.84. The second-order valence-corrected chi connectivity index (χ2v) is 6.84. The number of halogens is 1. The van der Waals surface area contributed by atoms with Gasteiger partial charge in [-0.05, 0) is 32.5 Å². The van der Waals surface area contributed by atoms with Crippen molar-refractivity contribution in [1.82, 2.24) is 25.5 Å². The molecule has 1 aliphatic heterocycles. The average molecular weight is 499 g/mol. The number of aromatic nitrogens is 2. The Morgan fingerprint density at radius 1 is 1.14 bits per heavy atom. The van der Waals surface area contributed by atoms with Crippen LogP contribution in [0.2, 0.25) is 0 Å². The molecular formula is C19H30IN7O. The third kappa shape index (κ3) is 6.06. The number of anilines is 1. The fourth-order valence-electron chi connectivity index (χ4n) is 2.92. The van der Waals surface area contributed by atoms with Gasteiger partial charge in [-0.3, -0.25) is 4.99 Å². The molecule has 9 heteroatoms. The van der Waals surface area contributed by atoms with Crippen molar-refractivity contribution in [3.8, 4) is 0 Å². The van der Waals surface area contributed by atoms with Crippen LogP contribution in [0, 0.1) is 13.8 Å². The Balaban J connectivity index is 0.00000280. The van der Waals surface area contributed by atoms with Crippen molar-refractivity contribution in [3.05, 3.63) is 41.2 Å². The minimum absolute atomic E-state index is 0. The summed E-state index contributed by atoms with van der Waals surface area (Å²) in [6, 6.07) is 4.21. The van der Waals surface area contributed by atoms with E-state index in [1.807, 2.05) is 20.0 Å². The lowest BCUT2D eigenvalue weighted by Gasteiger charge is -2.33. The summed E-state index contributed by atoms with van der Waals surface area (Å²) in [5, 5.41) is 6.50. The highest BCUT2D eigenvalue weighted by Gasteiger charge is 2.15. The average Bonchev–Trinajstić information content (AvgIpc) is 3.01. The summed E-state index contributed by atoms with van der Waals surface area (Å²) in [4.78, 5) is 17.9. The SMILES string of the molecule is CN=C(NCc1ccc(N2CCN(C)CC2)nc1)NCc1nc(C)c(C)o1.I. The van der Waals surface area contributed by atoms with E-state index < -0.39 is 0 Å². The Bertz CT molecular complexity index is 748. The standard InChI is InChI=1S/C19H29N7O.HI/c1-14-15(2)27-18(24-14)13-23-19(20-3)22-12-16-5-6-17(21-11-16)26-9-7-25(4)8-10-26;/h5-6,11H,7-10,12-13H2,1-4H3,(H2,20,22,23);1H. The Morgan fingerprint density at radius 2 is 1.86 bits per heavy atom. The largest absolute Gasteiger partial charge is 0.444 e. The number of guanidine groups is 1. The molecule has 1 aliphatic rings. The molecule has 0 spiro atoms. The van der Waals surface area contributed by atoms with E-state index in [0.717, 1.165) is 49.0 Å². The molecule has 0 aromatic carbocycles. The summed E-state index contributed by atoms with van der Waals surface area (Å²) in [5.41, 5.74) is 2.03. The zero-order valence-electron chi connectivity index (χ0n) is 17.0. The fraction of sp³-hybridized carbons (Fsp3) is 0.526. The van der Waals surface area contributed by atoms with Crippen LogP contribution in [0.4, 0.5) is 5.82 Å². The number of likely N-dealkylation sites (N-methyl/N-ethyl adjacent to an activating group) is 1. The normalized spacial score (nSPS) is 15.3. The minimum atomic E-state index is 0. The molecule has 0 amide bonds. The van der Waals surface area contributed by atoms with Crippen LogP contribution < -0.4 is 15.5 Å². The number of aliphatic imine (C=N–C) groups is 1. The first-order valence-electron chi connectivity index (χ1n) is 9.31. The lowest BCUT2D eigenvalue weighted by atomic mass is 10.2. The number of aryl methyl sites for hydroxylation is 2. The summed E-state index contributed by atoms with van der Waals surface area (Å²) in [7, 11) is 3.90. The first-order chi connectivity index (χ1) is 13.0. The topological polar surface area (TPSA) is 81.8 Å². The van der Waals surface area contributed by atoms with E-state index in [4.69, 9.17) is 4.42 Å². The highest BCUT2D eigenvalue weighted by molar-refractivity contribution is 14.0. The number of piperazine rings is 1. The van der Waals surface area contributed by atoms with E-state index in [0.29, 0.717) is 24.9 Å². The van der Waals surface area contributed by atoms with E-state index in [2.05, 4.69) is 54.6 Å². The molecule has 0 aliphatic carbocycles. The van der Waals surface area contributed by atoms with Gasteiger partial charge in [0.2, 0.25) is 5.89 Å². The molecule has 2 N–H and O–H groups in total. The predicted molar refractivity (Wildman–Crippen MR) is 122 cm³/mol. The van der Waals surface area contributed by atoms with Crippen LogP contribution in [0.1, 0.15) is 22.9 Å². The summed E-state index contributed by atoms with van der Waals surface area (Å²) in [5.74, 6) is 3.25. The molecule has 28 heavy (non-hydrogen) atoms. The van der Waals surface area contributed by atoms with Crippen molar-refractivity contribution in [1.29, 1.82) is 0 Å². The number of hydrogen-bond donors (Lipinski definition) is 2. The number of rotatable bonds is 5. The highest BCUT2D eigenvalue weighted by Crippen LogP contribution is 2.13. The number of nitrogens with one attached hydrogen (secondary N) is 2. The van der Waals surface area contributed by atoms with Gasteiger partial charge in [0.05, 0.1) is 12.2 Å². The zero-order valence-corrected chi connectivity index (χ0v) is 19.4. The van der Waals surface area contributed by atoms with Crippen LogP contribution in [0.3, 0.4) is 0 Å². The molecule has 0 saturated carbocycles. The van der Waals surface area contributed by atoms with Crippen LogP contribution in [0.25, 0.3) is 0 Å². The summed E-state index contributed by atoms with van der Waals surface area (Å²) >= 11 is 0. The Labute approximate surface area is 183 Å². The Hall–Kier alpha value is -1.88. The lowest BCUT2D eigenvalue weighted by molar-refractivity contribution is 0.312. The van der Waals surface area contributed by atoms with Crippen molar-refractivity contribution < 1.29 is 4.42 Å². The second kappa shape index (κ2) is 10.6. The third-order valence-corrected chi connectivity index (χ3v) is 4.80. The molecule has 8 nitrogen and oxygen atoms in total. The molecule has 3 rings (SSSR count). The van der Waals surface area contributed by atoms with Crippen LogP contribution in [0.15, 0.2) is 27.7 Å². The molecular weight excluding hydrogens is 469 g/mol. The van der Waals surface area contributed by atoms with Gasteiger partial charge in [0.15, 0.2) is 5.96 Å². The maximum atomic E-state index is 5.58. The van der Waals surface area contributed by atoms with E-state index in [1.165, 1.54) is 0 Å². The molecule has 0 radical (unpaired) electrons. The van der Waals surface area contributed by atoms with Gasteiger partial charge < -0.3 is 24.9 Å². The molecule has 1 saturated heterocycles. The Morgan fingerprint density at radius 3 is 2.43 bits per heavy atom. The van der Waals surface area contributed by atoms with Gasteiger partial charge in [0, 0.05) is 46.0 Å². The molecule has 0 bridgehead atoms. The molecule has 0 unspecified atom stereocenters. The number of nitrogens with zero attached hydrogens (tertiary/aromatic N) is 5. The monoisotopic (exact) mass is 499 g/mol. The third-order valence-electron chi connectivity index (χ3n) is 4.80. The van der Waals surface area contributed by atoms with Crippen LogP contribution >= 0.6 is 24.0 Å². The molecule has 2 aromatic rings. The van der Waals surface area contributed by atoms with Crippen molar-refractivity contribution in [3.63, 3.8) is 0 Å². The first-order valence-corrected chi connectivity index (χ1v) is 9.31. The van der Waals surface area contributed by atoms with Gasteiger partial charge in [-0.25, -0.2) is 9.97 Å². The van der Waals surface area contributed by atoms with Gasteiger partial charge in [-0.2, -0.15) is 0 Å². The van der Waals surface area contributed by atoms with E-state index in [9.17, 15) is 0 Å². The molecule has 0 atom stereocenters. The smallest absolute Gasteiger partial charge is 0.214 e. The molecule has 154 valence electrons. The van der Waals surface area contributed by atoms with E-state index >= 15 is 0 Å². The zero-order chi connectivity index (χ0) is 19.2. The lowest BCUT2D eigenvalue weighted by Crippen LogP contribution is -2.44. The van der Waals surface area contributed by atoms with Crippen molar-refractivity contribution >= 4 is 35.8 Å². The van der Waals surface area contributed by atoms with Crippen LogP contribution in [-0.2, 0) is 13.1 Å². The van der Waals surface area contributed by atoms with Crippen molar-refractivity contribution in [2.75, 3.05) is 45.2 Å². The maximum Gasteiger partial charge on any atom is 0.214 e. The molecule has 3 heterocycles. The highest BCUT2D eigenvalue weighted by atomic mass is 127. The fourth-order valence-corrected chi connectivity index (χ4v) is 2.92. The first kappa shape index (κ1) is 22.4. The van der Waals surface area contributed by atoms with E-state index in [1.54, 1.807) is 7.05 Å². The molecule has 1 fully saturated rings. The summed E-state index contributed by atoms with van der Waals surface area (Å²) in [6.45, 7) is 9.21. The predicted octanol–water partition coefficient (Wildman–Crippen LogP) is 1.92. The minimum Gasteiger partial charge on any atom is -0.444 e. The number of oxazole rings is 1. The van der Waals surface area contributed by atoms with Crippen molar-refractivity contribution in [2.24, 2.45) is 4.99 Å². The number of hydrogen-bond acceptors (Lipinski definition) is 6. The van der Waals surface area contributed by atoms with Crippen molar-refractivity contribution in [2.45, 2.75) is 26.9 Å². The van der Waals surface area contributed by atoms with Gasteiger partial charge in [0.25, 0.3) is 0 Å². The Kier molecular flexibility index (Phi) is 8.49. The van der Waals surface area contributed by atoms with Gasteiger partial charge in [0.1, 0.15) is 11.6 Å².